The van der Waals surface area contributed by atoms with Gasteiger partial charge in [-0.2, -0.15) is 0 Å². The Balaban J connectivity index is 1.90. The Morgan fingerprint density at radius 3 is 2.63 bits per heavy atom. The van der Waals surface area contributed by atoms with Gasteiger partial charge in [-0.1, -0.05) is 13.8 Å². The molecule has 1 aliphatic rings. The van der Waals surface area contributed by atoms with E-state index in [1.165, 1.54) is 0 Å². The van der Waals surface area contributed by atoms with Crippen LogP contribution in [0.4, 0.5) is 0 Å². The van der Waals surface area contributed by atoms with Gasteiger partial charge in [0.1, 0.15) is 0 Å². The van der Waals surface area contributed by atoms with Gasteiger partial charge in [-0.3, -0.25) is 4.79 Å². The number of benzene rings is 1. The number of nitrogens with zero attached hydrogens (tertiary/aromatic N) is 2. The van der Waals surface area contributed by atoms with E-state index in [2.05, 4.69) is 45.0 Å². The van der Waals surface area contributed by atoms with Crippen molar-refractivity contribution in [3.05, 3.63) is 22.2 Å². The molecule has 1 fully saturated rings. The zero-order chi connectivity index (χ0) is 19.8. The molecule has 0 radical (unpaired) electrons. The van der Waals surface area contributed by atoms with Crippen molar-refractivity contribution in [1.29, 1.82) is 0 Å². The average molecular weight is 442 g/mol. The van der Waals surface area contributed by atoms with Gasteiger partial charge in [-0.25, -0.2) is 0 Å². The minimum absolute atomic E-state index is 0.0960. The maximum atomic E-state index is 12.6. The van der Waals surface area contributed by atoms with Crippen LogP contribution in [0.3, 0.4) is 0 Å². The van der Waals surface area contributed by atoms with Crippen LogP contribution in [-0.2, 0) is 0 Å². The number of likely N-dealkylation sites (N-methyl/N-ethyl adjacent to an activating group) is 1. The molecule has 6 nitrogen and oxygen atoms in total. The lowest BCUT2D eigenvalue weighted by molar-refractivity contribution is 0.0937. The summed E-state index contributed by atoms with van der Waals surface area (Å²) in [6.07, 6.45) is 0.906. The Morgan fingerprint density at radius 2 is 2.00 bits per heavy atom. The molecule has 0 saturated carbocycles. The van der Waals surface area contributed by atoms with Gasteiger partial charge in [0.05, 0.1) is 18.2 Å². The molecule has 7 heteroatoms. The number of piperazine rings is 1. The smallest absolute Gasteiger partial charge is 0.251 e. The number of amides is 1. The summed E-state index contributed by atoms with van der Waals surface area (Å²) < 4.78 is 11.9. The molecule has 0 aliphatic carbocycles. The first kappa shape index (κ1) is 22.0. The molecule has 0 unspecified atom stereocenters. The molecule has 0 bridgehead atoms. The van der Waals surface area contributed by atoms with E-state index in [1.54, 1.807) is 19.2 Å². The van der Waals surface area contributed by atoms with Crippen LogP contribution in [0.2, 0.25) is 0 Å². The molecule has 1 atom stereocenters. The van der Waals surface area contributed by atoms with Crippen molar-refractivity contribution in [3.63, 3.8) is 0 Å². The van der Waals surface area contributed by atoms with Crippen LogP contribution in [0.15, 0.2) is 16.6 Å². The second-order valence-corrected chi connectivity index (χ2v) is 8.11. The van der Waals surface area contributed by atoms with Crippen LogP contribution in [0.5, 0.6) is 11.5 Å². The number of carbonyl (C=O) groups excluding carboxylic acids is 1. The van der Waals surface area contributed by atoms with Crippen molar-refractivity contribution in [1.82, 2.24) is 15.1 Å². The molecule has 0 aromatic heterocycles. The van der Waals surface area contributed by atoms with Gasteiger partial charge in [0.2, 0.25) is 0 Å². The fourth-order valence-corrected chi connectivity index (χ4v) is 3.66. The quantitative estimate of drug-likeness (QED) is 0.638. The molecular weight excluding hydrogens is 410 g/mol. The van der Waals surface area contributed by atoms with Gasteiger partial charge in [-0.05, 0) is 47.4 Å². The zero-order valence-corrected chi connectivity index (χ0v) is 18.5. The third-order valence-corrected chi connectivity index (χ3v) is 5.31. The Labute approximate surface area is 171 Å². The lowest BCUT2D eigenvalue weighted by Crippen LogP contribution is -2.46. The van der Waals surface area contributed by atoms with Crippen molar-refractivity contribution in [2.45, 2.75) is 20.3 Å². The fourth-order valence-electron chi connectivity index (χ4n) is 3.10. The van der Waals surface area contributed by atoms with Crippen molar-refractivity contribution in [2.24, 2.45) is 5.92 Å². The molecule has 1 aromatic carbocycles. The van der Waals surface area contributed by atoms with Crippen LogP contribution < -0.4 is 14.8 Å². The number of carbonyl (C=O) groups is 1. The van der Waals surface area contributed by atoms with Crippen molar-refractivity contribution < 1.29 is 14.3 Å². The number of nitrogens with one attached hydrogen (secondary N) is 1. The average Bonchev–Trinajstić information content (AvgIpc) is 2.66. The molecule has 1 N–H and O–H groups in total. The monoisotopic (exact) mass is 441 g/mol. The molecule has 1 heterocycles. The van der Waals surface area contributed by atoms with E-state index in [-0.39, 0.29) is 5.91 Å². The van der Waals surface area contributed by atoms with Gasteiger partial charge in [0.25, 0.3) is 5.91 Å². The molecule has 1 aliphatic heterocycles. The zero-order valence-electron chi connectivity index (χ0n) is 16.9. The first-order valence-electron chi connectivity index (χ1n) is 9.64. The van der Waals surface area contributed by atoms with E-state index in [1.807, 2.05) is 6.92 Å². The van der Waals surface area contributed by atoms with E-state index >= 15 is 0 Å². The van der Waals surface area contributed by atoms with Crippen LogP contribution in [0.1, 0.15) is 30.6 Å². The molecule has 152 valence electrons. The number of methoxy groups -OCH3 is 1. The maximum absolute atomic E-state index is 12.6. The highest BCUT2D eigenvalue weighted by atomic mass is 79.9. The Morgan fingerprint density at radius 1 is 1.30 bits per heavy atom. The van der Waals surface area contributed by atoms with E-state index in [0.29, 0.717) is 36.1 Å². The molecule has 27 heavy (non-hydrogen) atoms. The van der Waals surface area contributed by atoms with Crippen molar-refractivity contribution in [3.8, 4) is 11.5 Å². The first-order chi connectivity index (χ1) is 12.9. The summed E-state index contributed by atoms with van der Waals surface area (Å²) in [4.78, 5) is 17.4. The second-order valence-electron chi connectivity index (χ2n) is 7.26. The summed E-state index contributed by atoms with van der Waals surface area (Å²) in [6.45, 7) is 10.9. The third-order valence-electron chi connectivity index (χ3n) is 4.72. The molecule has 1 saturated heterocycles. The highest BCUT2D eigenvalue weighted by molar-refractivity contribution is 9.10. The molecule has 0 spiro atoms. The van der Waals surface area contributed by atoms with Gasteiger partial charge in [0, 0.05) is 44.8 Å². The second kappa shape index (κ2) is 10.9. The Bertz CT molecular complexity index is 619. The summed E-state index contributed by atoms with van der Waals surface area (Å²) >= 11 is 3.49. The Kier molecular flexibility index (Phi) is 8.86. The van der Waals surface area contributed by atoms with Crippen molar-refractivity contribution in [2.75, 3.05) is 60.0 Å². The van der Waals surface area contributed by atoms with Crippen LogP contribution in [0, 0.1) is 5.92 Å². The SMILES string of the molecule is CCCOc1c(Br)cc(C(=O)NC[C@H](C)CN2CCN(C)CC2)cc1OC. The van der Waals surface area contributed by atoms with Gasteiger partial charge >= 0.3 is 0 Å². The van der Waals surface area contributed by atoms with E-state index in [9.17, 15) is 4.79 Å². The number of rotatable bonds is 9. The number of hydrogen-bond acceptors (Lipinski definition) is 5. The number of hydrogen-bond donors (Lipinski definition) is 1. The molecule has 1 aromatic rings. The van der Waals surface area contributed by atoms with Crippen LogP contribution in [0.25, 0.3) is 0 Å². The van der Waals surface area contributed by atoms with E-state index in [0.717, 1.165) is 43.6 Å². The number of halogens is 1. The number of ether oxygens (including phenoxy) is 2. The normalized spacial score (nSPS) is 16.8. The first-order valence-corrected chi connectivity index (χ1v) is 10.4. The van der Waals surface area contributed by atoms with Gasteiger partial charge in [0.15, 0.2) is 11.5 Å². The highest BCUT2D eigenvalue weighted by Crippen LogP contribution is 2.36. The molecule has 1 amide bonds. The van der Waals surface area contributed by atoms with E-state index in [4.69, 9.17) is 9.47 Å². The highest BCUT2D eigenvalue weighted by Gasteiger charge is 2.18. The van der Waals surface area contributed by atoms with E-state index < -0.39 is 0 Å². The Hall–Kier alpha value is -1.31. The molecule has 2 rings (SSSR count). The van der Waals surface area contributed by atoms with Crippen LogP contribution >= 0.6 is 15.9 Å². The minimum Gasteiger partial charge on any atom is -0.493 e. The topological polar surface area (TPSA) is 54.0 Å². The largest absolute Gasteiger partial charge is 0.493 e. The third kappa shape index (κ3) is 6.66. The molecular formula is C20H32BrN3O3. The standard InChI is InChI=1S/C20H32BrN3O3/c1-5-10-27-19-17(21)11-16(12-18(19)26-4)20(25)22-13-15(2)14-24-8-6-23(3)7-9-24/h11-12,15H,5-10,13-14H2,1-4H3,(H,22,25)/t15-/m0/s1. The van der Waals surface area contributed by atoms with Gasteiger partial charge in [-0.15, -0.1) is 0 Å². The van der Waals surface area contributed by atoms with Crippen molar-refractivity contribution >= 4 is 21.8 Å². The summed E-state index contributed by atoms with van der Waals surface area (Å²) in [5.41, 5.74) is 0.564. The minimum atomic E-state index is -0.0960. The lowest BCUT2D eigenvalue weighted by Gasteiger charge is -2.33. The fraction of sp³-hybridized carbons (Fsp3) is 0.650. The van der Waals surface area contributed by atoms with Gasteiger partial charge < -0.3 is 24.6 Å². The summed E-state index contributed by atoms with van der Waals surface area (Å²) in [5.74, 6) is 1.50. The maximum Gasteiger partial charge on any atom is 0.251 e. The van der Waals surface area contributed by atoms with Crippen LogP contribution in [-0.4, -0.2) is 75.7 Å². The predicted octanol–water partition coefficient (Wildman–Crippen LogP) is 2.86. The summed E-state index contributed by atoms with van der Waals surface area (Å²) in [6, 6.07) is 3.52. The summed E-state index contributed by atoms with van der Waals surface area (Å²) in [7, 11) is 3.74. The predicted molar refractivity (Wildman–Crippen MR) is 112 cm³/mol. The lowest BCUT2D eigenvalue weighted by atomic mass is 10.1. The summed E-state index contributed by atoms with van der Waals surface area (Å²) in [5, 5.41) is 3.05.